The van der Waals surface area contributed by atoms with Crippen molar-refractivity contribution in [3.05, 3.63) is 0 Å². The maximum Gasteiger partial charge on any atom is 0.306 e. The first kappa shape index (κ1) is 44.7. The van der Waals surface area contributed by atoms with Gasteiger partial charge in [-0.3, -0.25) is 28.8 Å². The van der Waals surface area contributed by atoms with Gasteiger partial charge in [-0.15, -0.1) is 0 Å². The monoisotopic (exact) mass is 685 g/mol. The van der Waals surface area contributed by atoms with Crippen LogP contribution in [0.5, 0.6) is 0 Å². The normalized spacial score (nSPS) is 16.1. The molecular formula is C34H63N5O9. The number of carbonyl (C=O) groups is 6. The molecule has 0 spiro atoms. The van der Waals surface area contributed by atoms with Crippen LogP contribution in [0.25, 0.3) is 0 Å². The number of nitrogens with one attached hydrogen (secondary N) is 5. The van der Waals surface area contributed by atoms with E-state index in [-0.39, 0.29) is 41.9 Å². The maximum atomic E-state index is 13.5. The molecule has 0 fully saturated rings. The summed E-state index contributed by atoms with van der Waals surface area (Å²) >= 11 is 0. The molecule has 0 rings (SSSR count). The molecular weight excluding hydrogens is 622 g/mol. The average molecular weight is 686 g/mol. The molecule has 14 nitrogen and oxygen atoms in total. The molecule has 278 valence electrons. The summed E-state index contributed by atoms with van der Waals surface area (Å²) in [4.78, 5) is 75.9. The van der Waals surface area contributed by atoms with E-state index >= 15 is 0 Å². The summed E-state index contributed by atoms with van der Waals surface area (Å²) in [6.45, 7) is 19.8. The van der Waals surface area contributed by atoms with E-state index in [2.05, 4.69) is 26.6 Å². The minimum atomic E-state index is -1.33. The van der Waals surface area contributed by atoms with Crippen LogP contribution in [0.15, 0.2) is 0 Å². The van der Waals surface area contributed by atoms with Gasteiger partial charge in [-0.25, -0.2) is 0 Å². The lowest BCUT2D eigenvalue weighted by Gasteiger charge is -2.31. The van der Waals surface area contributed by atoms with Gasteiger partial charge in [-0.2, -0.15) is 0 Å². The van der Waals surface area contributed by atoms with E-state index in [9.17, 15) is 39.0 Å². The lowest BCUT2D eigenvalue weighted by molar-refractivity contribution is -0.140. The van der Waals surface area contributed by atoms with Gasteiger partial charge in [0.15, 0.2) is 0 Å². The zero-order chi connectivity index (χ0) is 37.5. The van der Waals surface area contributed by atoms with Gasteiger partial charge in [-0.05, 0) is 49.4 Å². The van der Waals surface area contributed by atoms with Crippen LogP contribution in [0.3, 0.4) is 0 Å². The zero-order valence-electron chi connectivity index (χ0n) is 30.8. The highest BCUT2D eigenvalue weighted by atomic mass is 16.4. The fourth-order valence-corrected chi connectivity index (χ4v) is 5.16. The van der Waals surface area contributed by atoms with E-state index in [0.29, 0.717) is 12.8 Å². The van der Waals surface area contributed by atoms with E-state index in [4.69, 9.17) is 5.11 Å². The second-order valence-corrected chi connectivity index (χ2v) is 14.8. The third-order valence-corrected chi connectivity index (χ3v) is 7.69. The zero-order valence-corrected chi connectivity index (χ0v) is 30.8. The molecule has 14 heteroatoms. The van der Waals surface area contributed by atoms with Crippen molar-refractivity contribution in [3.8, 4) is 0 Å². The first-order valence-corrected chi connectivity index (χ1v) is 17.1. The van der Waals surface area contributed by atoms with Crippen LogP contribution in [0, 0.1) is 29.6 Å². The SMILES string of the molecule is CC(C)CC(=O)N[C@H](C(=O)N[C@H](C(=O)N[C@@H](CC(C)C)[C@@H](O)CC(=O)N[C@@H](C)C(=O)N[C@@H](CC(C)C)C(O)CC(=O)O)C(C)C)C(C)C. The molecule has 0 aliphatic rings. The molecule has 8 N–H and O–H groups in total. The molecule has 0 aromatic rings. The molecule has 0 heterocycles. The van der Waals surface area contributed by atoms with Crippen LogP contribution < -0.4 is 26.6 Å². The standard InChI is InChI=1S/C34H63N5O9/c1-17(2)12-23(37-33(47)31(21(9)10)39-34(48)30(20(7)8)38-27(42)14-19(5)6)25(40)15-28(43)35-22(11)32(46)36-24(13-18(3)4)26(41)16-29(44)45/h17-26,30-31,40-41H,12-16H2,1-11H3,(H,35,43)(H,36,46)(H,37,47)(H,38,42)(H,39,48)(H,44,45)/t22-,23-,24-,25-,26?,30-,31-/m0/s1. The Balaban J connectivity index is 5.60. The summed E-state index contributed by atoms with van der Waals surface area (Å²) in [5.74, 6) is -4.25. The van der Waals surface area contributed by atoms with Crippen LogP contribution in [-0.2, 0) is 28.8 Å². The van der Waals surface area contributed by atoms with Crippen molar-refractivity contribution in [3.63, 3.8) is 0 Å². The molecule has 0 saturated heterocycles. The van der Waals surface area contributed by atoms with Gasteiger partial charge in [0.2, 0.25) is 29.5 Å². The predicted molar refractivity (Wildman–Crippen MR) is 182 cm³/mol. The number of hydrogen-bond donors (Lipinski definition) is 8. The van der Waals surface area contributed by atoms with Gasteiger partial charge in [0.05, 0.1) is 37.1 Å². The van der Waals surface area contributed by atoms with E-state index in [1.165, 1.54) is 6.92 Å². The average Bonchev–Trinajstić information content (AvgIpc) is 2.91. The van der Waals surface area contributed by atoms with E-state index < -0.39 is 84.9 Å². The molecule has 0 aliphatic carbocycles. The van der Waals surface area contributed by atoms with E-state index in [1.807, 2.05) is 41.5 Å². The maximum absolute atomic E-state index is 13.5. The molecule has 7 atom stereocenters. The van der Waals surface area contributed by atoms with Crippen molar-refractivity contribution in [1.82, 2.24) is 26.6 Å². The Labute approximate surface area is 286 Å². The first-order valence-electron chi connectivity index (χ1n) is 17.1. The largest absolute Gasteiger partial charge is 0.481 e. The minimum Gasteiger partial charge on any atom is -0.481 e. The summed E-state index contributed by atoms with van der Waals surface area (Å²) in [6, 6.07) is -4.61. The summed E-state index contributed by atoms with van der Waals surface area (Å²) in [5.41, 5.74) is 0. The highest BCUT2D eigenvalue weighted by Gasteiger charge is 2.34. The second-order valence-electron chi connectivity index (χ2n) is 14.8. The van der Waals surface area contributed by atoms with Crippen LogP contribution in [0.2, 0.25) is 0 Å². The van der Waals surface area contributed by atoms with Gasteiger partial charge < -0.3 is 41.9 Å². The third kappa shape index (κ3) is 17.8. The quantitative estimate of drug-likeness (QED) is 0.0825. The van der Waals surface area contributed by atoms with Gasteiger partial charge in [0.25, 0.3) is 0 Å². The number of amides is 5. The molecule has 48 heavy (non-hydrogen) atoms. The number of aliphatic hydroxyl groups is 2. The Morgan fingerprint density at radius 1 is 0.479 bits per heavy atom. The van der Waals surface area contributed by atoms with Gasteiger partial charge in [-0.1, -0.05) is 69.2 Å². The Kier molecular flexibility index (Phi) is 20.2. The molecule has 0 aliphatic heterocycles. The van der Waals surface area contributed by atoms with Crippen molar-refractivity contribution >= 4 is 35.5 Å². The van der Waals surface area contributed by atoms with Crippen molar-refractivity contribution in [2.75, 3.05) is 0 Å². The van der Waals surface area contributed by atoms with Crippen molar-refractivity contribution in [1.29, 1.82) is 0 Å². The van der Waals surface area contributed by atoms with Crippen molar-refractivity contribution in [2.45, 2.75) is 151 Å². The van der Waals surface area contributed by atoms with Crippen LogP contribution >= 0.6 is 0 Å². The molecule has 5 amide bonds. The summed E-state index contributed by atoms with van der Waals surface area (Å²) in [6.07, 6.45) is -2.76. The Bertz CT molecular complexity index is 1060. The Morgan fingerprint density at radius 2 is 0.875 bits per heavy atom. The first-order chi connectivity index (χ1) is 22.0. The van der Waals surface area contributed by atoms with Crippen molar-refractivity contribution < 1.29 is 44.1 Å². The summed E-state index contributed by atoms with van der Waals surface area (Å²) < 4.78 is 0. The van der Waals surface area contributed by atoms with Crippen LogP contribution in [-0.4, -0.2) is 93.2 Å². The molecule has 0 aromatic carbocycles. The molecule has 0 bridgehead atoms. The van der Waals surface area contributed by atoms with Gasteiger partial charge in [0.1, 0.15) is 18.1 Å². The summed E-state index contributed by atoms with van der Waals surface area (Å²) in [5, 5.41) is 43.9. The topological polar surface area (TPSA) is 223 Å². The number of carbonyl (C=O) groups excluding carboxylic acids is 5. The highest BCUT2D eigenvalue weighted by Crippen LogP contribution is 2.15. The highest BCUT2D eigenvalue weighted by molar-refractivity contribution is 5.92. The smallest absolute Gasteiger partial charge is 0.306 e. The Morgan fingerprint density at radius 3 is 1.29 bits per heavy atom. The van der Waals surface area contributed by atoms with Crippen LogP contribution in [0.1, 0.15) is 108 Å². The lowest BCUT2D eigenvalue weighted by Crippen LogP contribution is -2.59. The number of aliphatic carboxylic acids is 1. The predicted octanol–water partition coefficient (Wildman–Crippen LogP) is 1.47. The lowest BCUT2D eigenvalue weighted by atomic mass is 9.95. The number of carboxylic acid groups (broad SMARTS) is 1. The number of hydrogen-bond acceptors (Lipinski definition) is 8. The summed E-state index contributed by atoms with van der Waals surface area (Å²) in [7, 11) is 0. The fraction of sp³-hybridized carbons (Fsp3) is 0.824. The molecule has 0 radical (unpaired) electrons. The molecule has 0 saturated carbocycles. The second kappa shape index (κ2) is 21.7. The number of carboxylic acids is 1. The number of aliphatic hydroxyl groups excluding tert-OH is 2. The van der Waals surface area contributed by atoms with Gasteiger partial charge in [0, 0.05) is 6.42 Å². The molecule has 1 unspecified atom stereocenters. The van der Waals surface area contributed by atoms with Crippen molar-refractivity contribution in [2.24, 2.45) is 29.6 Å². The van der Waals surface area contributed by atoms with Gasteiger partial charge >= 0.3 is 5.97 Å². The molecule has 0 aromatic heterocycles. The minimum absolute atomic E-state index is 0.0152. The van der Waals surface area contributed by atoms with E-state index in [0.717, 1.165) is 0 Å². The Hall–Kier alpha value is -3.26. The number of rotatable bonds is 22. The van der Waals surface area contributed by atoms with Crippen LogP contribution in [0.4, 0.5) is 0 Å². The third-order valence-electron chi connectivity index (χ3n) is 7.69. The fourth-order valence-electron chi connectivity index (χ4n) is 5.16. The van der Waals surface area contributed by atoms with E-state index in [1.54, 1.807) is 27.7 Å².